The van der Waals surface area contributed by atoms with Crippen molar-refractivity contribution in [3.63, 3.8) is 0 Å². The van der Waals surface area contributed by atoms with Gasteiger partial charge in [-0.3, -0.25) is 0 Å². The molecule has 0 atom stereocenters. The second kappa shape index (κ2) is 9.54. The van der Waals surface area contributed by atoms with Crippen LogP contribution in [0.15, 0.2) is 36.4 Å². The van der Waals surface area contributed by atoms with Gasteiger partial charge in [-0.25, -0.2) is 0 Å². The molecule has 0 amide bonds. The molecule has 0 unspecified atom stereocenters. The first kappa shape index (κ1) is 19.4. The number of fused-ring (bicyclic) bond motifs is 1. The number of rotatable bonds is 10. The minimum atomic E-state index is 0.318. The fraction of sp³-hybridized carbons (Fsp3) is 0.478. The van der Waals surface area contributed by atoms with Crippen LogP contribution in [0.4, 0.5) is 0 Å². The van der Waals surface area contributed by atoms with Crippen LogP contribution in [0, 0.1) is 6.92 Å². The summed E-state index contributed by atoms with van der Waals surface area (Å²) in [4.78, 5) is 1.55. The predicted molar refractivity (Wildman–Crippen MR) is 112 cm³/mol. The summed E-state index contributed by atoms with van der Waals surface area (Å²) in [5.74, 6) is 0.318. The van der Waals surface area contributed by atoms with Gasteiger partial charge in [0.15, 0.2) is 0 Å². The molecule has 0 radical (unpaired) electrons. The van der Waals surface area contributed by atoms with Gasteiger partial charge in [-0.15, -0.1) is 15.0 Å². The highest BCUT2D eigenvalue weighted by molar-refractivity contribution is 5.73. The summed E-state index contributed by atoms with van der Waals surface area (Å²) >= 11 is 0. The van der Waals surface area contributed by atoms with Gasteiger partial charge < -0.3 is 5.11 Å². The van der Waals surface area contributed by atoms with Crippen molar-refractivity contribution in [1.82, 2.24) is 15.0 Å². The molecule has 3 rings (SSSR count). The zero-order valence-corrected chi connectivity index (χ0v) is 16.6. The van der Waals surface area contributed by atoms with Gasteiger partial charge in [-0.1, -0.05) is 70.1 Å². The molecule has 4 heteroatoms. The fourth-order valence-corrected chi connectivity index (χ4v) is 3.60. The van der Waals surface area contributed by atoms with E-state index < -0.39 is 0 Å². The molecule has 0 bridgehead atoms. The van der Waals surface area contributed by atoms with E-state index in [0.717, 1.165) is 35.0 Å². The van der Waals surface area contributed by atoms with Crippen LogP contribution in [-0.2, 0) is 6.42 Å². The number of aromatic hydroxyl groups is 1. The molecule has 144 valence electrons. The molecule has 0 aliphatic heterocycles. The molecule has 27 heavy (non-hydrogen) atoms. The number of hydrogen-bond donors (Lipinski definition) is 1. The van der Waals surface area contributed by atoms with Crippen LogP contribution in [-0.4, -0.2) is 20.1 Å². The topological polar surface area (TPSA) is 50.9 Å². The Bertz CT molecular complexity index is 836. The lowest BCUT2D eigenvalue weighted by Crippen LogP contribution is -2.02. The Kier molecular flexibility index (Phi) is 6.86. The van der Waals surface area contributed by atoms with E-state index in [1.54, 1.807) is 4.80 Å². The third-order valence-electron chi connectivity index (χ3n) is 5.28. The Morgan fingerprint density at radius 2 is 1.41 bits per heavy atom. The van der Waals surface area contributed by atoms with E-state index in [0.29, 0.717) is 11.4 Å². The van der Waals surface area contributed by atoms with Crippen molar-refractivity contribution in [2.75, 3.05) is 0 Å². The third-order valence-corrected chi connectivity index (χ3v) is 5.28. The molecular weight excluding hydrogens is 334 g/mol. The maximum atomic E-state index is 10.8. The third kappa shape index (κ3) is 4.88. The average molecular weight is 366 g/mol. The highest BCUT2D eigenvalue weighted by Crippen LogP contribution is 2.30. The maximum absolute atomic E-state index is 10.8. The molecule has 0 saturated heterocycles. The number of phenols is 1. The first-order valence-corrected chi connectivity index (χ1v) is 10.3. The summed E-state index contributed by atoms with van der Waals surface area (Å²) in [6, 6.07) is 11.7. The Hall–Kier alpha value is -2.36. The van der Waals surface area contributed by atoms with Gasteiger partial charge in [-0.05, 0) is 49.1 Å². The Labute approximate surface area is 162 Å². The first-order chi connectivity index (χ1) is 13.2. The summed E-state index contributed by atoms with van der Waals surface area (Å²) in [5, 5.41) is 19.9. The zero-order chi connectivity index (χ0) is 19.1. The number of hydrogen-bond acceptors (Lipinski definition) is 3. The van der Waals surface area contributed by atoms with Gasteiger partial charge in [-0.2, -0.15) is 0 Å². The van der Waals surface area contributed by atoms with Gasteiger partial charge in [0.05, 0.1) is 0 Å². The second-order valence-electron chi connectivity index (χ2n) is 7.43. The second-order valence-corrected chi connectivity index (χ2v) is 7.43. The number of aromatic nitrogens is 3. The molecule has 1 heterocycles. The molecule has 0 fully saturated rings. The molecule has 4 nitrogen and oxygen atoms in total. The minimum Gasteiger partial charge on any atom is -0.505 e. The van der Waals surface area contributed by atoms with E-state index in [9.17, 15) is 5.11 Å². The van der Waals surface area contributed by atoms with Gasteiger partial charge in [0.2, 0.25) is 0 Å². The lowest BCUT2D eigenvalue weighted by atomic mass is 9.99. The SMILES string of the molecule is CCCCCCCCCCc1c(C)ccc(-n2nc3ccccc3n2)c1O. The quantitative estimate of drug-likeness (QED) is 0.440. The normalized spacial score (nSPS) is 11.3. The Morgan fingerprint density at radius 1 is 0.815 bits per heavy atom. The van der Waals surface area contributed by atoms with E-state index in [1.165, 1.54) is 44.9 Å². The summed E-state index contributed by atoms with van der Waals surface area (Å²) in [7, 11) is 0. The van der Waals surface area contributed by atoms with Crippen molar-refractivity contribution in [2.24, 2.45) is 0 Å². The smallest absolute Gasteiger partial charge is 0.146 e. The van der Waals surface area contributed by atoms with E-state index in [-0.39, 0.29) is 0 Å². The average Bonchev–Trinajstić information content (AvgIpc) is 3.10. The highest BCUT2D eigenvalue weighted by atomic mass is 16.3. The summed E-state index contributed by atoms with van der Waals surface area (Å²) in [5.41, 5.74) is 4.49. The van der Waals surface area contributed by atoms with Crippen molar-refractivity contribution in [3.05, 3.63) is 47.5 Å². The molecule has 0 saturated carbocycles. The molecule has 3 aromatic rings. The minimum absolute atomic E-state index is 0.318. The molecular formula is C23H31N3O. The lowest BCUT2D eigenvalue weighted by Gasteiger charge is -2.12. The van der Waals surface area contributed by atoms with Gasteiger partial charge >= 0.3 is 0 Å². The largest absolute Gasteiger partial charge is 0.505 e. The monoisotopic (exact) mass is 365 g/mol. The molecule has 1 aromatic heterocycles. The molecule has 0 aliphatic rings. The predicted octanol–water partition coefficient (Wildman–Crippen LogP) is 6.12. The van der Waals surface area contributed by atoms with Gasteiger partial charge in [0.1, 0.15) is 22.5 Å². The van der Waals surface area contributed by atoms with Crippen molar-refractivity contribution in [2.45, 2.75) is 71.6 Å². The molecule has 0 spiro atoms. The van der Waals surface area contributed by atoms with Crippen LogP contribution >= 0.6 is 0 Å². The summed E-state index contributed by atoms with van der Waals surface area (Å²) < 4.78 is 0. The number of phenolic OH excluding ortho intramolecular Hbond substituents is 1. The van der Waals surface area contributed by atoms with E-state index >= 15 is 0 Å². The van der Waals surface area contributed by atoms with Crippen LogP contribution in [0.3, 0.4) is 0 Å². The zero-order valence-electron chi connectivity index (χ0n) is 16.6. The van der Waals surface area contributed by atoms with E-state index in [1.807, 2.05) is 30.3 Å². The van der Waals surface area contributed by atoms with E-state index in [4.69, 9.17) is 0 Å². The highest BCUT2D eigenvalue weighted by Gasteiger charge is 2.14. The van der Waals surface area contributed by atoms with Crippen molar-refractivity contribution >= 4 is 11.0 Å². The van der Waals surface area contributed by atoms with Gasteiger partial charge in [0.25, 0.3) is 0 Å². The summed E-state index contributed by atoms with van der Waals surface area (Å²) in [6.45, 7) is 4.32. The Balaban J connectivity index is 1.63. The van der Waals surface area contributed by atoms with Crippen molar-refractivity contribution in [3.8, 4) is 11.4 Å². The van der Waals surface area contributed by atoms with Crippen LogP contribution in [0.2, 0.25) is 0 Å². The molecule has 2 aromatic carbocycles. The summed E-state index contributed by atoms with van der Waals surface area (Å²) in [6.07, 6.45) is 11.2. The standard InChI is InChI=1S/C23H31N3O/c1-3-4-5-6-7-8-9-10-13-19-18(2)16-17-22(23(19)27)26-24-20-14-11-12-15-21(20)25-26/h11-12,14-17,27H,3-10,13H2,1-2H3. The molecule has 0 aliphatic carbocycles. The number of unbranched alkanes of at least 4 members (excludes halogenated alkanes) is 7. The van der Waals surface area contributed by atoms with Crippen molar-refractivity contribution < 1.29 is 5.11 Å². The van der Waals surface area contributed by atoms with Crippen molar-refractivity contribution in [1.29, 1.82) is 0 Å². The fourth-order valence-electron chi connectivity index (χ4n) is 3.60. The van der Waals surface area contributed by atoms with Crippen LogP contribution < -0.4 is 0 Å². The first-order valence-electron chi connectivity index (χ1n) is 10.3. The number of benzene rings is 2. The lowest BCUT2D eigenvalue weighted by molar-refractivity contribution is 0.458. The van der Waals surface area contributed by atoms with Crippen LogP contribution in [0.5, 0.6) is 5.75 Å². The maximum Gasteiger partial charge on any atom is 0.146 e. The van der Waals surface area contributed by atoms with E-state index in [2.05, 4.69) is 30.1 Å². The van der Waals surface area contributed by atoms with Crippen LogP contribution in [0.1, 0.15) is 69.4 Å². The van der Waals surface area contributed by atoms with Gasteiger partial charge in [0, 0.05) is 0 Å². The number of nitrogens with zero attached hydrogens (tertiary/aromatic N) is 3. The Morgan fingerprint density at radius 3 is 2.04 bits per heavy atom. The van der Waals surface area contributed by atoms with Crippen LogP contribution in [0.25, 0.3) is 16.7 Å². The molecule has 1 N–H and O–H groups in total. The number of aryl methyl sites for hydroxylation is 1.